The van der Waals surface area contributed by atoms with Crippen LogP contribution in [0.1, 0.15) is 45.1 Å². The van der Waals surface area contributed by atoms with Crippen molar-refractivity contribution in [2.45, 2.75) is 44.9 Å². The summed E-state index contributed by atoms with van der Waals surface area (Å²) in [5.41, 5.74) is 1.80. The Hall–Kier alpha value is -1.35. The van der Waals surface area contributed by atoms with Gasteiger partial charge in [-0.3, -0.25) is 4.79 Å². The molecule has 0 saturated heterocycles. The number of hydrogen-bond acceptors (Lipinski definition) is 2. The second kappa shape index (κ2) is 5.74. The highest BCUT2D eigenvalue weighted by Crippen LogP contribution is 2.41. The van der Waals surface area contributed by atoms with Crippen molar-refractivity contribution >= 4 is 11.6 Å². The molecule has 1 amide bonds. The van der Waals surface area contributed by atoms with Gasteiger partial charge in [0.15, 0.2) is 0 Å². The van der Waals surface area contributed by atoms with Gasteiger partial charge in [0.2, 0.25) is 5.91 Å². The van der Waals surface area contributed by atoms with E-state index in [9.17, 15) is 4.79 Å². The van der Waals surface area contributed by atoms with E-state index >= 15 is 0 Å². The fourth-order valence-electron chi connectivity index (χ4n) is 2.76. The minimum absolute atomic E-state index is 0.204. The first-order valence-corrected chi connectivity index (χ1v) is 7.11. The predicted molar refractivity (Wildman–Crippen MR) is 77.4 cm³/mol. The lowest BCUT2D eigenvalue weighted by Crippen LogP contribution is -2.36. The van der Waals surface area contributed by atoms with Crippen LogP contribution in [0.25, 0.3) is 0 Å². The number of carbonyl (C=O) groups excluding carboxylic acids is 1. The van der Waals surface area contributed by atoms with E-state index in [4.69, 9.17) is 5.11 Å². The molecule has 0 aliphatic carbocycles. The van der Waals surface area contributed by atoms with Gasteiger partial charge in [0.25, 0.3) is 0 Å². The van der Waals surface area contributed by atoms with E-state index in [1.165, 1.54) is 0 Å². The summed E-state index contributed by atoms with van der Waals surface area (Å²) in [6.45, 7) is 5.04. The Morgan fingerprint density at radius 1 is 1.11 bits per heavy atom. The molecule has 0 fully saturated rings. The zero-order valence-electron chi connectivity index (χ0n) is 11.9. The average molecular weight is 261 g/mol. The number of hydrogen-bond donors (Lipinski definition) is 1. The first-order valence-electron chi connectivity index (χ1n) is 7.11. The predicted octanol–water partition coefficient (Wildman–Crippen LogP) is 2.86. The molecule has 2 rings (SSSR count). The van der Waals surface area contributed by atoms with E-state index in [0.717, 1.165) is 43.5 Å². The van der Waals surface area contributed by atoms with Crippen molar-refractivity contribution in [3.8, 4) is 0 Å². The van der Waals surface area contributed by atoms with Crippen molar-refractivity contribution in [2.24, 2.45) is 0 Å². The van der Waals surface area contributed by atoms with E-state index in [1.54, 1.807) is 0 Å². The third kappa shape index (κ3) is 2.66. The zero-order chi connectivity index (χ0) is 13.9. The number of aliphatic hydroxyl groups is 1. The number of benzene rings is 1. The van der Waals surface area contributed by atoms with Crippen molar-refractivity contribution in [1.29, 1.82) is 0 Å². The van der Waals surface area contributed by atoms with Gasteiger partial charge in [0, 0.05) is 18.8 Å². The van der Waals surface area contributed by atoms with Crippen molar-refractivity contribution in [3.05, 3.63) is 29.8 Å². The number of para-hydroxylation sites is 1. The van der Waals surface area contributed by atoms with Gasteiger partial charge in [-0.2, -0.15) is 0 Å². The van der Waals surface area contributed by atoms with Crippen molar-refractivity contribution < 1.29 is 9.90 Å². The molecule has 1 aliphatic heterocycles. The standard InChI is InChI=1S/C16H23NO2/c1-16(2)13-9-5-6-10-14(13)17(15(16)19)11-7-3-4-8-12-18/h5-6,9-10,18H,3-4,7-8,11-12H2,1-2H3. The lowest BCUT2D eigenvalue weighted by atomic mass is 9.86. The highest BCUT2D eigenvalue weighted by Gasteiger charge is 2.42. The van der Waals surface area contributed by atoms with Crippen molar-refractivity contribution in [1.82, 2.24) is 0 Å². The van der Waals surface area contributed by atoms with Crippen LogP contribution in [0.5, 0.6) is 0 Å². The molecule has 0 unspecified atom stereocenters. The number of unbranched alkanes of at least 4 members (excludes halogenated alkanes) is 3. The fraction of sp³-hybridized carbons (Fsp3) is 0.562. The minimum Gasteiger partial charge on any atom is -0.396 e. The molecule has 0 radical (unpaired) electrons. The van der Waals surface area contributed by atoms with Crippen LogP contribution in [-0.4, -0.2) is 24.2 Å². The van der Waals surface area contributed by atoms with Crippen molar-refractivity contribution in [3.63, 3.8) is 0 Å². The van der Waals surface area contributed by atoms with E-state index in [2.05, 4.69) is 6.07 Å². The topological polar surface area (TPSA) is 40.5 Å². The van der Waals surface area contributed by atoms with Crippen LogP contribution in [-0.2, 0) is 10.2 Å². The number of anilines is 1. The maximum absolute atomic E-state index is 12.5. The summed E-state index contributed by atoms with van der Waals surface area (Å²) in [6.07, 6.45) is 3.95. The van der Waals surface area contributed by atoms with Crippen LogP contribution < -0.4 is 4.90 Å². The Morgan fingerprint density at radius 2 is 1.79 bits per heavy atom. The smallest absolute Gasteiger partial charge is 0.237 e. The minimum atomic E-state index is -0.401. The molecule has 1 aromatic rings. The molecule has 1 aromatic carbocycles. The number of fused-ring (bicyclic) bond motifs is 1. The summed E-state index contributed by atoms with van der Waals surface area (Å²) in [5, 5.41) is 8.75. The zero-order valence-corrected chi connectivity index (χ0v) is 11.9. The van der Waals surface area contributed by atoms with Gasteiger partial charge in [-0.05, 0) is 38.3 Å². The quantitative estimate of drug-likeness (QED) is 0.800. The third-order valence-electron chi connectivity index (χ3n) is 3.94. The Balaban J connectivity index is 2.04. The van der Waals surface area contributed by atoms with Crippen LogP contribution in [0.2, 0.25) is 0 Å². The first kappa shape index (κ1) is 14.1. The van der Waals surface area contributed by atoms with Crippen LogP contribution >= 0.6 is 0 Å². The molecule has 19 heavy (non-hydrogen) atoms. The maximum atomic E-state index is 12.5. The molecule has 0 spiro atoms. The first-order chi connectivity index (χ1) is 9.09. The largest absolute Gasteiger partial charge is 0.396 e. The summed E-state index contributed by atoms with van der Waals surface area (Å²) in [5.74, 6) is 0.204. The van der Waals surface area contributed by atoms with Crippen LogP contribution in [0.4, 0.5) is 5.69 Å². The Morgan fingerprint density at radius 3 is 2.53 bits per heavy atom. The van der Waals surface area contributed by atoms with Crippen LogP contribution in [0.15, 0.2) is 24.3 Å². The number of amides is 1. The number of nitrogens with zero attached hydrogens (tertiary/aromatic N) is 1. The van der Waals surface area contributed by atoms with Gasteiger partial charge in [0.05, 0.1) is 5.41 Å². The van der Waals surface area contributed by atoms with Gasteiger partial charge >= 0.3 is 0 Å². The molecule has 104 valence electrons. The SMILES string of the molecule is CC1(C)C(=O)N(CCCCCCO)c2ccccc21. The molecule has 0 aromatic heterocycles. The summed E-state index contributed by atoms with van der Waals surface area (Å²) in [6, 6.07) is 8.08. The number of rotatable bonds is 6. The van der Waals surface area contributed by atoms with Gasteiger partial charge in [0.1, 0.15) is 0 Å². The van der Waals surface area contributed by atoms with E-state index in [0.29, 0.717) is 0 Å². The normalized spacial score (nSPS) is 16.8. The van der Waals surface area contributed by atoms with Gasteiger partial charge in [-0.1, -0.05) is 31.0 Å². The average Bonchev–Trinajstić information content (AvgIpc) is 2.60. The molecule has 0 saturated carbocycles. The molecule has 3 nitrogen and oxygen atoms in total. The van der Waals surface area contributed by atoms with Crippen LogP contribution in [0, 0.1) is 0 Å². The Labute approximate surface area is 115 Å². The molecule has 3 heteroatoms. The lowest BCUT2D eigenvalue weighted by molar-refractivity contribution is -0.122. The highest BCUT2D eigenvalue weighted by atomic mass is 16.2. The second-order valence-electron chi connectivity index (χ2n) is 5.74. The lowest BCUT2D eigenvalue weighted by Gasteiger charge is -2.20. The van der Waals surface area contributed by atoms with Crippen molar-refractivity contribution in [2.75, 3.05) is 18.1 Å². The maximum Gasteiger partial charge on any atom is 0.237 e. The van der Waals surface area contributed by atoms with Gasteiger partial charge in [-0.15, -0.1) is 0 Å². The fourth-order valence-corrected chi connectivity index (χ4v) is 2.76. The Bertz CT molecular complexity index is 454. The monoisotopic (exact) mass is 261 g/mol. The van der Waals surface area contributed by atoms with E-state index < -0.39 is 5.41 Å². The Kier molecular flexibility index (Phi) is 4.25. The molecular formula is C16H23NO2. The molecule has 0 atom stereocenters. The second-order valence-corrected chi connectivity index (χ2v) is 5.74. The summed E-state index contributed by atoms with van der Waals surface area (Å²) in [4.78, 5) is 14.4. The molecule has 1 aliphatic rings. The molecule has 1 heterocycles. The number of carbonyl (C=O) groups is 1. The number of aliphatic hydroxyl groups excluding tert-OH is 1. The summed E-state index contributed by atoms with van der Waals surface area (Å²) in [7, 11) is 0. The van der Waals surface area contributed by atoms with Gasteiger partial charge in [-0.25, -0.2) is 0 Å². The summed E-state index contributed by atoms with van der Waals surface area (Å²) < 4.78 is 0. The molecule has 1 N–H and O–H groups in total. The van der Waals surface area contributed by atoms with E-state index in [-0.39, 0.29) is 12.5 Å². The van der Waals surface area contributed by atoms with Gasteiger partial charge < -0.3 is 10.0 Å². The highest BCUT2D eigenvalue weighted by molar-refractivity contribution is 6.07. The molecule has 0 bridgehead atoms. The van der Waals surface area contributed by atoms with Crippen LogP contribution in [0.3, 0.4) is 0 Å². The molecular weight excluding hydrogens is 238 g/mol. The van der Waals surface area contributed by atoms with E-state index in [1.807, 2.05) is 36.9 Å². The summed E-state index contributed by atoms with van der Waals surface area (Å²) >= 11 is 0. The third-order valence-corrected chi connectivity index (χ3v) is 3.94.